The molecule has 0 aromatic rings. The highest BCUT2D eigenvalue weighted by molar-refractivity contribution is 7.88. The molecule has 3 aliphatic heterocycles. The average molecular weight is 330 g/mol. The Kier molecular flexibility index (Phi) is 4.49. The molecule has 3 fully saturated rings. The van der Waals surface area contributed by atoms with E-state index in [0.29, 0.717) is 26.1 Å². The van der Waals surface area contributed by atoms with Gasteiger partial charge in [0.1, 0.15) is 0 Å². The van der Waals surface area contributed by atoms with Crippen LogP contribution in [0.4, 0.5) is 0 Å². The minimum absolute atomic E-state index is 0.105. The van der Waals surface area contributed by atoms with Gasteiger partial charge in [0.2, 0.25) is 15.9 Å². The first-order valence-corrected chi connectivity index (χ1v) is 10.1. The average Bonchev–Trinajstić information content (AvgIpc) is 2.96. The highest BCUT2D eigenvalue weighted by Crippen LogP contribution is 2.40. The van der Waals surface area contributed by atoms with Gasteiger partial charge in [-0.15, -0.1) is 0 Å². The first-order valence-electron chi connectivity index (χ1n) is 8.23. The van der Waals surface area contributed by atoms with Crippen molar-refractivity contribution >= 4 is 15.9 Å². The molecule has 3 aliphatic rings. The number of likely N-dealkylation sites (tertiary alicyclic amines) is 1. The molecule has 0 unspecified atom stereocenters. The zero-order chi connectivity index (χ0) is 15.8. The van der Waals surface area contributed by atoms with Crippen molar-refractivity contribution in [2.75, 3.05) is 39.0 Å². The SMILES string of the molecule is CS(=O)(=O)N1CCC2(CCC(=O)N(C[C@H]3CCCO3)C2)CC1. The molecule has 0 N–H and O–H groups in total. The summed E-state index contributed by atoms with van der Waals surface area (Å²) in [5, 5.41) is 0. The smallest absolute Gasteiger partial charge is 0.222 e. The summed E-state index contributed by atoms with van der Waals surface area (Å²) < 4.78 is 30.5. The Balaban J connectivity index is 1.61. The van der Waals surface area contributed by atoms with Gasteiger partial charge in [0.05, 0.1) is 12.4 Å². The van der Waals surface area contributed by atoms with E-state index >= 15 is 0 Å². The minimum Gasteiger partial charge on any atom is -0.376 e. The second kappa shape index (κ2) is 6.09. The van der Waals surface area contributed by atoms with Crippen molar-refractivity contribution in [3.8, 4) is 0 Å². The molecule has 0 saturated carbocycles. The molecule has 1 atom stereocenters. The molecular formula is C15H26N2O4S. The van der Waals surface area contributed by atoms with Gasteiger partial charge in [0.25, 0.3) is 0 Å². The van der Waals surface area contributed by atoms with Crippen LogP contribution in [0.2, 0.25) is 0 Å². The number of nitrogens with zero attached hydrogens (tertiary/aromatic N) is 2. The lowest BCUT2D eigenvalue weighted by atomic mass is 9.72. The molecule has 1 amide bonds. The number of piperidine rings is 2. The fraction of sp³-hybridized carbons (Fsp3) is 0.933. The van der Waals surface area contributed by atoms with E-state index in [1.165, 1.54) is 6.26 Å². The summed E-state index contributed by atoms with van der Waals surface area (Å²) in [6.07, 6.45) is 6.79. The molecule has 22 heavy (non-hydrogen) atoms. The van der Waals surface area contributed by atoms with E-state index in [9.17, 15) is 13.2 Å². The van der Waals surface area contributed by atoms with E-state index in [1.54, 1.807) is 4.31 Å². The summed E-state index contributed by atoms with van der Waals surface area (Å²) in [5.74, 6) is 0.228. The van der Waals surface area contributed by atoms with E-state index < -0.39 is 10.0 Å². The molecule has 0 aromatic carbocycles. The van der Waals surface area contributed by atoms with Crippen LogP contribution in [-0.4, -0.2) is 68.7 Å². The Bertz CT molecular complexity index is 520. The summed E-state index contributed by atoms with van der Waals surface area (Å²) in [5.41, 5.74) is 0.105. The molecule has 0 radical (unpaired) electrons. The van der Waals surface area contributed by atoms with E-state index in [4.69, 9.17) is 4.74 Å². The molecular weight excluding hydrogens is 304 g/mol. The summed E-state index contributed by atoms with van der Waals surface area (Å²) in [6.45, 7) is 3.45. The largest absolute Gasteiger partial charge is 0.376 e. The van der Waals surface area contributed by atoms with Gasteiger partial charge in [0.15, 0.2) is 0 Å². The van der Waals surface area contributed by atoms with Gasteiger partial charge in [-0.05, 0) is 37.5 Å². The second-order valence-electron chi connectivity index (χ2n) is 7.07. The molecule has 3 saturated heterocycles. The maximum Gasteiger partial charge on any atom is 0.222 e. The molecule has 3 rings (SSSR count). The number of hydrogen-bond acceptors (Lipinski definition) is 4. The van der Waals surface area contributed by atoms with Gasteiger partial charge in [-0.2, -0.15) is 0 Å². The maximum absolute atomic E-state index is 12.2. The van der Waals surface area contributed by atoms with Crippen LogP contribution in [-0.2, 0) is 19.6 Å². The Hall–Kier alpha value is -0.660. The number of amides is 1. The molecule has 3 heterocycles. The van der Waals surface area contributed by atoms with Crippen LogP contribution in [0.1, 0.15) is 38.5 Å². The van der Waals surface area contributed by atoms with Crippen LogP contribution < -0.4 is 0 Å². The van der Waals surface area contributed by atoms with Crippen molar-refractivity contribution in [3.63, 3.8) is 0 Å². The van der Waals surface area contributed by atoms with E-state index in [2.05, 4.69) is 0 Å². The third kappa shape index (κ3) is 3.46. The lowest BCUT2D eigenvalue weighted by Crippen LogP contribution is -2.53. The predicted molar refractivity (Wildman–Crippen MR) is 82.9 cm³/mol. The first kappa shape index (κ1) is 16.2. The molecule has 7 heteroatoms. The van der Waals surface area contributed by atoms with Gasteiger partial charge < -0.3 is 9.64 Å². The van der Waals surface area contributed by atoms with Crippen molar-refractivity contribution in [2.45, 2.75) is 44.6 Å². The number of sulfonamides is 1. The Morgan fingerprint density at radius 3 is 2.59 bits per heavy atom. The van der Waals surface area contributed by atoms with Gasteiger partial charge in [-0.25, -0.2) is 12.7 Å². The summed E-state index contributed by atoms with van der Waals surface area (Å²) in [7, 11) is -3.09. The quantitative estimate of drug-likeness (QED) is 0.769. The minimum atomic E-state index is -3.09. The van der Waals surface area contributed by atoms with E-state index in [1.807, 2.05) is 4.90 Å². The number of hydrogen-bond donors (Lipinski definition) is 0. The van der Waals surface area contributed by atoms with Gasteiger partial charge in [-0.1, -0.05) is 0 Å². The molecule has 6 nitrogen and oxygen atoms in total. The van der Waals surface area contributed by atoms with Crippen LogP contribution in [0.3, 0.4) is 0 Å². The van der Waals surface area contributed by atoms with Gasteiger partial charge >= 0.3 is 0 Å². The number of carbonyl (C=O) groups excluding carboxylic acids is 1. The van der Waals surface area contributed by atoms with E-state index in [0.717, 1.165) is 45.3 Å². The normalized spacial score (nSPS) is 30.1. The van der Waals surface area contributed by atoms with Crippen molar-refractivity contribution in [2.24, 2.45) is 5.41 Å². The fourth-order valence-electron chi connectivity index (χ4n) is 4.00. The third-order valence-electron chi connectivity index (χ3n) is 5.45. The highest BCUT2D eigenvalue weighted by Gasteiger charge is 2.42. The van der Waals surface area contributed by atoms with E-state index in [-0.39, 0.29) is 17.4 Å². The van der Waals surface area contributed by atoms with Gasteiger partial charge in [-0.3, -0.25) is 4.79 Å². The predicted octanol–water partition coefficient (Wildman–Crippen LogP) is 0.830. The van der Waals surface area contributed by atoms with Crippen molar-refractivity contribution in [1.82, 2.24) is 9.21 Å². The van der Waals surface area contributed by atoms with Crippen LogP contribution in [0.5, 0.6) is 0 Å². The molecule has 126 valence electrons. The zero-order valence-corrected chi connectivity index (χ0v) is 14.1. The number of rotatable bonds is 3. The Labute approximate surface area is 132 Å². The third-order valence-corrected chi connectivity index (χ3v) is 6.75. The molecule has 0 bridgehead atoms. The maximum atomic E-state index is 12.2. The Morgan fingerprint density at radius 1 is 1.27 bits per heavy atom. The standard InChI is InChI=1S/C15H26N2O4S/c1-22(19,20)17-8-6-15(7-9-17)5-4-14(18)16(12-15)11-13-3-2-10-21-13/h13H,2-12H2,1H3/t13-/m1/s1. The topological polar surface area (TPSA) is 66.9 Å². The fourth-order valence-corrected chi connectivity index (χ4v) is 4.85. The lowest BCUT2D eigenvalue weighted by Gasteiger charge is -2.47. The Morgan fingerprint density at radius 2 is 2.00 bits per heavy atom. The summed E-state index contributed by atoms with van der Waals surface area (Å²) in [6, 6.07) is 0. The van der Waals surface area contributed by atoms with Crippen LogP contribution in [0.15, 0.2) is 0 Å². The molecule has 0 aromatic heterocycles. The van der Waals surface area contributed by atoms with Crippen LogP contribution in [0.25, 0.3) is 0 Å². The van der Waals surface area contributed by atoms with Crippen LogP contribution >= 0.6 is 0 Å². The highest BCUT2D eigenvalue weighted by atomic mass is 32.2. The van der Waals surface area contributed by atoms with Gasteiger partial charge in [0, 0.05) is 39.2 Å². The number of carbonyl (C=O) groups is 1. The molecule has 1 spiro atoms. The second-order valence-corrected chi connectivity index (χ2v) is 9.05. The summed E-state index contributed by atoms with van der Waals surface area (Å²) >= 11 is 0. The summed E-state index contributed by atoms with van der Waals surface area (Å²) in [4.78, 5) is 14.2. The van der Waals surface area contributed by atoms with Crippen LogP contribution in [0, 0.1) is 5.41 Å². The first-order chi connectivity index (χ1) is 10.4. The van der Waals surface area contributed by atoms with Crippen molar-refractivity contribution in [3.05, 3.63) is 0 Å². The monoisotopic (exact) mass is 330 g/mol. The van der Waals surface area contributed by atoms with Crippen molar-refractivity contribution in [1.29, 1.82) is 0 Å². The zero-order valence-electron chi connectivity index (χ0n) is 13.3. The number of ether oxygens (including phenoxy) is 1. The lowest BCUT2D eigenvalue weighted by molar-refractivity contribution is -0.140. The van der Waals surface area contributed by atoms with Crippen molar-refractivity contribution < 1.29 is 17.9 Å². The molecule has 0 aliphatic carbocycles.